The molecule has 0 aromatic heterocycles. The Labute approximate surface area is 313 Å². The highest BCUT2D eigenvalue weighted by Crippen LogP contribution is 2.67. The molecule has 1 unspecified atom stereocenters. The van der Waals surface area contributed by atoms with E-state index in [2.05, 4.69) is 181 Å². The number of hydrogen-bond acceptors (Lipinski definition) is 3. The molecule has 54 heavy (non-hydrogen) atoms. The van der Waals surface area contributed by atoms with Gasteiger partial charge in [0, 0.05) is 22.4 Å². The highest BCUT2D eigenvalue weighted by atomic mass is 16.6. The third kappa shape index (κ3) is 3.91. The third-order valence-corrected chi connectivity index (χ3v) is 12.0. The van der Waals surface area contributed by atoms with Gasteiger partial charge >= 0.3 is 0 Å². The quantitative estimate of drug-likeness (QED) is 0.184. The molecule has 1 heterocycles. The monoisotopic (exact) mass is 691 g/mol. The van der Waals surface area contributed by atoms with E-state index in [-0.39, 0.29) is 0 Å². The normalized spacial score (nSPS) is 17.0. The van der Waals surface area contributed by atoms with Crippen molar-refractivity contribution in [2.75, 3.05) is 4.90 Å². The number of allylic oxidation sites excluding steroid dienone is 4. The molecule has 3 heteroatoms. The highest BCUT2D eigenvalue weighted by molar-refractivity contribution is 6.05. The Kier molecular flexibility index (Phi) is 6.10. The molecule has 1 spiro atoms. The molecular formula is C51H33NO2. The average molecular weight is 692 g/mol. The smallest absolute Gasteiger partial charge is 0.175 e. The van der Waals surface area contributed by atoms with Gasteiger partial charge in [0.25, 0.3) is 0 Å². The van der Waals surface area contributed by atoms with Crippen LogP contribution in [0.1, 0.15) is 35.1 Å². The van der Waals surface area contributed by atoms with Crippen molar-refractivity contribution in [3.63, 3.8) is 0 Å². The Morgan fingerprint density at radius 3 is 1.89 bits per heavy atom. The van der Waals surface area contributed by atoms with E-state index in [0.29, 0.717) is 11.5 Å². The van der Waals surface area contributed by atoms with Crippen LogP contribution in [0.15, 0.2) is 182 Å². The largest absolute Gasteiger partial charge is 0.449 e. The fourth-order valence-corrected chi connectivity index (χ4v) is 9.87. The topological polar surface area (TPSA) is 21.7 Å². The second-order valence-corrected chi connectivity index (χ2v) is 14.7. The van der Waals surface area contributed by atoms with Crippen molar-refractivity contribution >= 4 is 44.2 Å². The summed E-state index contributed by atoms with van der Waals surface area (Å²) in [5.74, 6) is 2.96. The number of rotatable bonds is 3. The number of nitrogens with zero attached hydrogens (tertiary/aromatic N) is 1. The zero-order valence-corrected chi connectivity index (χ0v) is 29.4. The number of ether oxygens (including phenoxy) is 2. The van der Waals surface area contributed by atoms with Gasteiger partial charge in [0.05, 0.1) is 22.5 Å². The van der Waals surface area contributed by atoms with E-state index < -0.39 is 5.41 Å². The molecule has 254 valence electrons. The van der Waals surface area contributed by atoms with Crippen LogP contribution in [0.3, 0.4) is 0 Å². The van der Waals surface area contributed by atoms with Crippen molar-refractivity contribution in [1.29, 1.82) is 0 Å². The lowest BCUT2D eigenvalue weighted by atomic mass is 9.68. The summed E-state index contributed by atoms with van der Waals surface area (Å²) in [5.41, 5.74) is 13.1. The standard InChI is InChI=1S/C51H33NO2/c1-3-17-35-32(13-1)15-11-25-44(35)52(45-26-12-16-33-14-2-4-18-36(33)45)34-27-29-46-48(31-34)54-50-47(53-46)30-28-40-39-21-7-10-24-43(39)51(49(40)50)41-22-8-5-19-37(41)38-20-6-9-23-42(38)51/h1-8,10-22,24-31H,9,23H2. The van der Waals surface area contributed by atoms with Crippen molar-refractivity contribution in [3.05, 3.63) is 204 Å². The van der Waals surface area contributed by atoms with Crippen LogP contribution in [0.4, 0.5) is 17.1 Å². The van der Waals surface area contributed by atoms with E-state index in [1.165, 1.54) is 66.1 Å². The molecule has 0 saturated carbocycles. The minimum atomic E-state index is -0.468. The first kappa shape index (κ1) is 29.7. The lowest BCUT2D eigenvalue weighted by molar-refractivity contribution is 0.354. The molecule has 0 radical (unpaired) electrons. The maximum Gasteiger partial charge on any atom is 0.175 e. The van der Waals surface area contributed by atoms with Gasteiger partial charge in [-0.05, 0) is 92.9 Å². The molecule has 8 aromatic carbocycles. The molecule has 1 atom stereocenters. The Morgan fingerprint density at radius 2 is 1.13 bits per heavy atom. The zero-order chi connectivity index (χ0) is 35.4. The summed E-state index contributed by atoms with van der Waals surface area (Å²) >= 11 is 0. The van der Waals surface area contributed by atoms with E-state index >= 15 is 0 Å². The molecule has 12 rings (SSSR count). The summed E-state index contributed by atoms with van der Waals surface area (Å²) in [6.45, 7) is 0. The van der Waals surface area contributed by atoms with Crippen molar-refractivity contribution in [3.8, 4) is 34.1 Å². The summed E-state index contributed by atoms with van der Waals surface area (Å²) in [4.78, 5) is 2.37. The summed E-state index contributed by atoms with van der Waals surface area (Å²) in [6, 6.07) is 58.9. The van der Waals surface area contributed by atoms with Gasteiger partial charge in [-0.1, -0.05) is 140 Å². The molecular weight excluding hydrogens is 659 g/mol. The molecule has 0 fully saturated rings. The van der Waals surface area contributed by atoms with E-state index in [9.17, 15) is 0 Å². The van der Waals surface area contributed by atoms with Crippen molar-refractivity contribution in [1.82, 2.24) is 0 Å². The van der Waals surface area contributed by atoms with Crippen LogP contribution in [0.25, 0.3) is 38.2 Å². The molecule has 8 aromatic rings. The molecule has 0 N–H and O–H groups in total. The minimum Gasteiger partial charge on any atom is -0.449 e. The predicted molar refractivity (Wildman–Crippen MR) is 220 cm³/mol. The maximum atomic E-state index is 7.28. The van der Waals surface area contributed by atoms with E-state index in [1.54, 1.807) is 0 Å². The SMILES string of the molecule is C1=CC2=C(CC1)C1(c3ccccc32)c2ccccc2-c2ccc3c(c21)Oc1cc(N(c2cccc4ccccc24)c2cccc4ccccc24)ccc1O3. The van der Waals surface area contributed by atoms with Crippen LogP contribution in [0.2, 0.25) is 0 Å². The number of hydrogen-bond donors (Lipinski definition) is 0. The fraction of sp³-hybridized carbons (Fsp3) is 0.0588. The fourth-order valence-electron chi connectivity index (χ4n) is 9.87. The van der Waals surface area contributed by atoms with Gasteiger partial charge in [-0.15, -0.1) is 0 Å². The molecule has 3 nitrogen and oxygen atoms in total. The van der Waals surface area contributed by atoms with Gasteiger partial charge in [0.2, 0.25) is 0 Å². The van der Waals surface area contributed by atoms with Crippen molar-refractivity contribution in [2.45, 2.75) is 18.3 Å². The van der Waals surface area contributed by atoms with Gasteiger partial charge in [-0.25, -0.2) is 0 Å². The van der Waals surface area contributed by atoms with Crippen LogP contribution in [0, 0.1) is 0 Å². The first-order valence-corrected chi connectivity index (χ1v) is 18.8. The van der Waals surface area contributed by atoms with Crippen LogP contribution in [-0.2, 0) is 5.41 Å². The number of fused-ring (bicyclic) bond motifs is 14. The summed E-state index contributed by atoms with van der Waals surface area (Å²) in [5, 5.41) is 4.73. The van der Waals surface area contributed by atoms with Gasteiger partial charge in [-0.3, -0.25) is 0 Å². The lowest BCUT2D eigenvalue weighted by Crippen LogP contribution is -2.28. The van der Waals surface area contributed by atoms with Gasteiger partial charge in [0.15, 0.2) is 23.0 Å². The van der Waals surface area contributed by atoms with Gasteiger partial charge in [0.1, 0.15) is 0 Å². The summed E-state index contributed by atoms with van der Waals surface area (Å²) in [6.07, 6.45) is 6.68. The van der Waals surface area contributed by atoms with Gasteiger partial charge in [-0.2, -0.15) is 0 Å². The van der Waals surface area contributed by atoms with Crippen LogP contribution < -0.4 is 14.4 Å². The van der Waals surface area contributed by atoms with Crippen LogP contribution in [0.5, 0.6) is 23.0 Å². The zero-order valence-electron chi connectivity index (χ0n) is 29.4. The third-order valence-electron chi connectivity index (χ3n) is 12.0. The van der Waals surface area contributed by atoms with Crippen molar-refractivity contribution < 1.29 is 9.47 Å². The van der Waals surface area contributed by atoms with E-state index in [0.717, 1.165) is 41.4 Å². The molecule has 1 aliphatic heterocycles. The first-order chi connectivity index (χ1) is 26.8. The maximum absolute atomic E-state index is 7.28. The average Bonchev–Trinajstić information content (AvgIpc) is 3.71. The Morgan fingerprint density at radius 1 is 0.500 bits per heavy atom. The highest BCUT2D eigenvalue weighted by Gasteiger charge is 2.55. The van der Waals surface area contributed by atoms with Crippen LogP contribution in [-0.4, -0.2) is 0 Å². The predicted octanol–water partition coefficient (Wildman–Crippen LogP) is 13.8. The molecule has 0 saturated heterocycles. The van der Waals surface area contributed by atoms with E-state index in [1.807, 2.05) is 0 Å². The lowest BCUT2D eigenvalue weighted by Gasteiger charge is -2.35. The molecule has 3 aliphatic carbocycles. The second-order valence-electron chi connectivity index (χ2n) is 14.7. The van der Waals surface area contributed by atoms with E-state index in [4.69, 9.17) is 9.47 Å². The Bertz CT molecular complexity index is 2880. The Balaban J connectivity index is 1.08. The minimum absolute atomic E-state index is 0.468. The van der Waals surface area contributed by atoms with Gasteiger partial charge < -0.3 is 14.4 Å². The first-order valence-electron chi connectivity index (χ1n) is 18.8. The second kappa shape index (κ2) is 11.1. The number of anilines is 3. The number of benzene rings is 8. The van der Waals surface area contributed by atoms with Crippen LogP contribution >= 0.6 is 0 Å². The molecule has 0 amide bonds. The van der Waals surface area contributed by atoms with Crippen molar-refractivity contribution in [2.24, 2.45) is 0 Å². The summed E-state index contributed by atoms with van der Waals surface area (Å²) < 4.78 is 14.1. The molecule has 4 aliphatic rings. The summed E-state index contributed by atoms with van der Waals surface area (Å²) in [7, 11) is 0. The molecule has 0 bridgehead atoms. The Hall–Kier alpha value is -6.84.